The first-order valence-corrected chi connectivity index (χ1v) is 15.0. The highest BCUT2D eigenvalue weighted by molar-refractivity contribution is 7.98. The second-order valence-corrected chi connectivity index (χ2v) is 11.8. The van der Waals surface area contributed by atoms with Crippen molar-refractivity contribution in [2.24, 2.45) is 5.92 Å². The standard InChI is InChI=1S/C30H40N4O3S/c1-18-14-27(38-5)25(29(35)32-18)17-31-30(36)28-20(3)34(26-9-7-6-8-24(26)28)19(2)21-10-12-33(13-11-21)22-15-23(16-22)37-4/h6-9,14,19,21-23H,10-13,15-17H2,1-5H3,(H,31,36)(H,32,35)/t19-,22?,23?/m1/s1. The van der Waals surface area contributed by atoms with Crippen LogP contribution in [0, 0.1) is 19.8 Å². The lowest BCUT2D eigenvalue weighted by Crippen LogP contribution is -2.51. The number of piperidine rings is 1. The van der Waals surface area contributed by atoms with E-state index in [2.05, 4.69) is 45.7 Å². The van der Waals surface area contributed by atoms with Gasteiger partial charge >= 0.3 is 0 Å². The molecule has 1 aliphatic heterocycles. The number of amides is 1. The highest BCUT2D eigenvalue weighted by atomic mass is 32.2. The number of nitrogens with one attached hydrogen (secondary N) is 2. The molecular formula is C30H40N4O3S. The summed E-state index contributed by atoms with van der Waals surface area (Å²) in [7, 11) is 1.82. The van der Waals surface area contributed by atoms with E-state index in [0.29, 0.717) is 35.2 Å². The molecule has 8 heteroatoms. The number of ether oxygens (including phenoxy) is 1. The van der Waals surface area contributed by atoms with E-state index in [1.165, 1.54) is 11.8 Å². The Hall–Kier alpha value is -2.55. The first-order valence-electron chi connectivity index (χ1n) is 13.7. The Kier molecular flexibility index (Phi) is 8.03. The third kappa shape index (κ3) is 5.06. The highest BCUT2D eigenvalue weighted by Gasteiger charge is 2.37. The zero-order chi connectivity index (χ0) is 27.0. The van der Waals surface area contributed by atoms with Crippen LogP contribution in [0.25, 0.3) is 10.9 Å². The predicted octanol–water partition coefficient (Wildman–Crippen LogP) is 5.05. The molecule has 1 aliphatic carbocycles. The van der Waals surface area contributed by atoms with Gasteiger partial charge in [0, 0.05) is 58.5 Å². The summed E-state index contributed by atoms with van der Waals surface area (Å²) in [6.07, 6.45) is 7.03. The molecule has 0 bridgehead atoms. The molecule has 2 fully saturated rings. The number of hydrogen-bond acceptors (Lipinski definition) is 5. The zero-order valence-corrected chi connectivity index (χ0v) is 24.0. The van der Waals surface area contributed by atoms with Crippen LogP contribution in [-0.2, 0) is 11.3 Å². The highest BCUT2D eigenvalue weighted by Crippen LogP contribution is 2.38. The van der Waals surface area contributed by atoms with Gasteiger partial charge in [-0.1, -0.05) is 18.2 Å². The van der Waals surface area contributed by atoms with Crippen molar-refractivity contribution in [3.8, 4) is 0 Å². The molecule has 204 valence electrons. The van der Waals surface area contributed by atoms with Crippen LogP contribution in [-0.4, -0.2) is 59.0 Å². The summed E-state index contributed by atoms with van der Waals surface area (Å²) >= 11 is 1.52. The Labute approximate surface area is 229 Å². The van der Waals surface area contributed by atoms with E-state index in [4.69, 9.17) is 4.74 Å². The molecular weight excluding hydrogens is 496 g/mol. The zero-order valence-electron chi connectivity index (χ0n) is 23.2. The molecule has 2 aromatic heterocycles. The third-order valence-corrected chi connectivity index (χ3v) is 9.65. The monoisotopic (exact) mass is 536 g/mol. The van der Waals surface area contributed by atoms with Gasteiger partial charge in [0.25, 0.3) is 11.5 Å². The van der Waals surface area contributed by atoms with Crippen LogP contribution in [0.1, 0.15) is 66.0 Å². The molecule has 1 aromatic carbocycles. The lowest BCUT2D eigenvalue weighted by atomic mass is 9.83. The molecule has 0 unspecified atom stereocenters. The summed E-state index contributed by atoms with van der Waals surface area (Å²) in [5, 5.41) is 4.02. The van der Waals surface area contributed by atoms with Gasteiger partial charge in [-0.2, -0.15) is 0 Å². The number of H-pyrrole nitrogens is 1. The predicted molar refractivity (Wildman–Crippen MR) is 154 cm³/mol. The van der Waals surface area contributed by atoms with Crippen molar-refractivity contribution in [2.45, 2.75) is 76.1 Å². The van der Waals surface area contributed by atoms with E-state index in [1.54, 1.807) is 0 Å². The molecule has 0 spiro atoms. The van der Waals surface area contributed by atoms with Gasteiger partial charge in [-0.25, -0.2) is 0 Å². The molecule has 3 heterocycles. The van der Waals surface area contributed by atoms with Gasteiger partial charge in [0.05, 0.1) is 11.7 Å². The number of rotatable bonds is 8. The molecule has 3 aromatic rings. The van der Waals surface area contributed by atoms with Gasteiger partial charge in [-0.15, -0.1) is 11.8 Å². The summed E-state index contributed by atoms with van der Waals surface area (Å²) in [6, 6.07) is 11.1. The number of likely N-dealkylation sites (tertiary alicyclic amines) is 1. The minimum Gasteiger partial charge on any atom is -0.381 e. The fraction of sp³-hybridized carbons (Fsp3) is 0.533. The number of fused-ring (bicyclic) bond motifs is 1. The maximum Gasteiger partial charge on any atom is 0.254 e. The molecule has 2 aliphatic rings. The summed E-state index contributed by atoms with van der Waals surface area (Å²) in [4.78, 5) is 32.6. The van der Waals surface area contributed by atoms with Crippen LogP contribution in [0.3, 0.4) is 0 Å². The smallest absolute Gasteiger partial charge is 0.254 e. The Morgan fingerprint density at radius 3 is 2.61 bits per heavy atom. The number of aryl methyl sites for hydroxylation is 1. The van der Waals surface area contributed by atoms with Crippen molar-refractivity contribution in [1.29, 1.82) is 0 Å². The molecule has 0 radical (unpaired) electrons. The number of aromatic nitrogens is 2. The second kappa shape index (κ2) is 11.3. The number of pyridine rings is 1. The van der Waals surface area contributed by atoms with E-state index in [0.717, 1.165) is 66.0 Å². The number of carbonyl (C=O) groups excluding carboxylic acids is 1. The first kappa shape index (κ1) is 27.0. The number of aromatic amines is 1. The molecule has 1 saturated carbocycles. The van der Waals surface area contributed by atoms with Crippen LogP contribution < -0.4 is 10.9 Å². The Morgan fingerprint density at radius 2 is 1.92 bits per heavy atom. The molecule has 5 rings (SSSR count). The fourth-order valence-corrected chi connectivity index (χ4v) is 7.21. The molecule has 1 atom stereocenters. The summed E-state index contributed by atoms with van der Waals surface area (Å²) < 4.78 is 7.86. The fourth-order valence-electron chi connectivity index (χ4n) is 6.50. The number of methoxy groups -OCH3 is 1. The molecule has 38 heavy (non-hydrogen) atoms. The van der Waals surface area contributed by atoms with Crippen molar-refractivity contribution in [3.63, 3.8) is 0 Å². The Morgan fingerprint density at radius 1 is 1.21 bits per heavy atom. The number of para-hydroxylation sites is 1. The molecule has 1 amide bonds. The van der Waals surface area contributed by atoms with E-state index >= 15 is 0 Å². The third-order valence-electron chi connectivity index (χ3n) is 8.84. The van der Waals surface area contributed by atoms with Crippen molar-refractivity contribution < 1.29 is 9.53 Å². The number of hydrogen-bond donors (Lipinski definition) is 2. The minimum absolute atomic E-state index is 0.135. The van der Waals surface area contributed by atoms with Gasteiger partial charge < -0.3 is 24.5 Å². The first-order chi connectivity index (χ1) is 18.3. The summed E-state index contributed by atoms with van der Waals surface area (Å²) in [5.41, 5.74) is 4.07. The van der Waals surface area contributed by atoms with E-state index < -0.39 is 0 Å². The maximum absolute atomic E-state index is 13.6. The molecule has 1 saturated heterocycles. The van der Waals surface area contributed by atoms with E-state index in [1.807, 2.05) is 38.5 Å². The van der Waals surface area contributed by atoms with Crippen LogP contribution in [0.15, 0.2) is 40.0 Å². The molecule has 2 N–H and O–H groups in total. The van der Waals surface area contributed by atoms with Crippen LogP contribution >= 0.6 is 11.8 Å². The quantitative estimate of drug-likeness (QED) is 0.394. The van der Waals surface area contributed by atoms with Gasteiger partial charge in [-0.3, -0.25) is 9.59 Å². The van der Waals surface area contributed by atoms with Crippen LogP contribution in [0.5, 0.6) is 0 Å². The topological polar surface area (TPSA) is 79.4 Å². The normalized spacial score (nSPS) is 21.4. The Balaban J connectivity index is 1.35. The summed E-state index contributed by atoms with van der Waals surface area (Å²) in [5.74, 6) is 0.425. The van der Waals surface area contributed by atoms with Gasteiger partial charge in [0.1, 0.15) is 0 Å². The van der Waals surface area contributed by atoms with Crippen LogP contribution in [0.4, 0.5) is 0 Å². The van der Waals surface area contributed by atoms with E-state index in [9.17, 15) is 9.59 Å². The van der Waals surface area contributed by atoms with E-state index in [-0.39, 0.29) is 18.0 Å². The number of benzene rings is 1. The average molecular weight is 537 g/mol. The number of carbonyl (C=O) groups is 1. The average Bonchev–Trinajstić information content (AvgIpc) is 3.18. The lowest BCUT2D eigenvalue weighted by Gasteiger charge is -2.46. The van der Waals surface area contributed by atoms with Gasteiger partial charge in [-0.05, 0) is 83.9 Å². The SMILES string of the molecule is COC1CC(N2CCC([C@@H](C)n3c(C)c(C(=O)NCc4c(SC)cc(C)[nH]c4=O)c4ccccc43)CC2)C1. The summed E-state index contributed by atoms with van der Waals surface area (Å²) in [6.45, 7) is 8.70. The van der Waals surface area contributed by atoms with Crippen molar-refractivity contribution in [1.82, 2.24) is 19.8 Å². The van der Waals surface area contributed by atoms with Crippen molar-refractivity contribution >= 4 is 28.6 Å². The molecule has 7 nitrogen and oxygen atoms in total. The largest absolute Gasteiger partial charge is 0.381 e. The lowest BCUT2D eigenvalue weighted by molar-refractivity contribution is -0.0381. The number of nitrogens with zero attached hydrogens (tertiary/aromatic N) is 2. The van der Waals surface area contributed by atoms with Crippen molar-refractivity contribution in [3.05, 3.63) is 63.2 Å². The van der Waals surface area contributed by atoms with Crippen LogP contribution in [0.2, 0.25) is 0 Å². The van der Waals surface area contributed by atoms with Gasteiger partial charge in [0.2, 0.25) is 0 Å². The Bertz CT molecular complexity index is 1370. The second-order valence-electron chi connectivity index (χ2n) is 11.0. The van der Waals surface area contributed by atoms with Gasteiger partial charge in [0.15, 0.2) is 0 Å². The van der Waals surface area contributed by atoms with Crippen molar-refractivity contribution in [2.75, 3.05) is 26.5 Å². The maximum atomic E-state index is 13.6. The minimum atomic E-state index is -0.145. The number of thioether (sulfide) groups is 1.